The molecule has 0 radical (unpaired) electrons. The lowest BCUT2D eigenvalue weighted by Crippen LogP contribution is -2.70. The second kappa shape index (κ2) is 7.34. The van der Waals surface area contributed by atoms with E-state index in [1.807, 2.05) is 20.8 Å². The van der Waals surface area contributed by atoms with E-state index in [1.54, 1.807) is 6.08 Å². The Labute approximate surface area is 194 Å². The molecule has 1 aliphatic heterocycles. The van der Waals surface area contributed by atoms with E-state index < -0.39 is 46.5 Å². The summed E-state index contributed by atoms with van der Waals surface area (Å²) in [6.07, 6.45) is 3.45. The molecule has 2 unspecified atom stereocenters. The van der Waals surface area contributed by atoms with Crippen LogP contribution in [-0.4, -0.2) is 52.3 Å². The predicted octanol–water partition coefficient (Wildman–Crippen LogP) is 4.28. The molecule has 9 atom stereocenters. The number of allylic oxidation sites excluding steroid dienone is 1. The Hall–Kier alpha value is -0.820. The molecule has 178 valence electrons. The number of carbonyl (C=O) groups excluding carboxylic acids is 2. The third-order valence-electron chi connectivity index (χ3n) is 9.89. The highest BCUT2D eigenvalue weighted by molar-refractivity contribution is 6.29. The Morgan fingerprint density at radius 1 is 1.31 bits per heavy atom. The van der Waals surface area contributed by atoms with Crippen LogP contribution in [0.5, 0.6) is 0 Å². The van der Waals surface area contributed by atoms with Gasteiger partial charge in [0.1, 0.15) is 5.67 Å². The molecule has 1 N–H and O–H groups in total. The lowest BCUT2D eigenvalue weighted by molar-refractivity contribution is -0.237. The van der Waals surface area contributed by atoms with Crippen LogP contribution in [0.25, 0.3) is 0 Å². The van der Waals surface area contributed by atoms with Crippen LogP contribution in [-0.2, 0) is 19.1 Å². The van der Waals surface area contributed by atoms with Crippen LogP contribution in [0, 0.1) is 22.7 Å². The number of ether oxygens (including phenoxy) is 2. The zero-order valence-corrected chi connectivity index (χ0v) is 19.9. The summed E-state index contributed by atoms with van der Waals surface area (Å²) in [7, 11) is 0. The van der Waals surface area contributed by atoms with Gasteiger partial charge in [-0.15, -0.1) is 11.6 Å². The van der Waals surface area contributed by atoms with Gasteiger partial charge in [-0.25, -0.2) is 4.39 Å². The van der Waals surface area contributed by atoms with Crippen LogP contribution >= 0.6 is 11.6 Å². The van der Waals surface area contributed by atoms with E-state index >= 15 is 4.39 Å². The lowest BCUT2D eigenvalue weighted by Gasteiger charge is -2.63. The van der Waals surface area contributed by atoms with E-state index in [9.17, 15) is 14.7 Å². The number of fused-ring (bicyclic) bond motifs is 7. The van der Waals surface area contributed by atoms with Crippen LogP contribution in [0.2, 0.25) is 0 Å². The zero-order chi connectivity index (χ0) is 23.1. The number of carbonyl (C=O) groups is 2. The fraction of sp³-hybridized carbons (Fsp3) is 0.840. The van der Waals surface area contributed by atoms with Crippen LogP contribution in [0.1, 0.15) is 72.1 Å². The van der Waals surface area contributed by atoms with Crippen molar-refractivity contribution in [1.29, 1.82) is 0 Å². The molecular weight excluding hydrogens is 435 g/mol. The van der Waals surface area contributed by atoms with E-state index in [0.717, 1.165) is 12.0 Å². The van der Waals surface area contributed by atoms with Gasteiger partial charge in [-0.3, -0.25) is 9.59 Å². The Morgan fingerprint density at radius 3 is 2.75 bits per heavy atom. The minimum absolute atomic E-state index is 0.0421. The van der Waals surface area contributed by atoms with Gasteiger partial charge in [0.2, 0.25) is 0 Å². The number of rotatable bonds is 4. The Morgan fingerprint density at radius 2 is 2.06 bits per heavy atom. The topological polar surface area (TPSA) is 72.8 Å². The minimum atomic E-state index is -1.85. The van der Waals surface area contributed by atoms with Gasteiger partial charge in [-0.05, 0) is 50.5 Å². The Balaban J connectivity index is 1.59. The van der Waals surface area contributed by atoms with Gasteiger partial charge in [-0.2, -0.15) is 0 Å². The maximum atomic E-state index is 17.3. The SMILES string of the molecule is CCCC1OC2C[C@H]3[C@@H]4CCC5=CC(=O)CC[C@]5(C)[C@@]4(F)[C@@H](O)C[C@]3(C)[C@]2(C(=O)CCl)O1. The van der Waals surface area contributed by atoms with Gasteiger partial charge in [0.25, 0.3) is 0 Å². The second-order valence-electron chi connectivity index (χ2n) is 11.1. The lowest BCUT2D eigenvalue weighted by atomic mass is 9.44. The monoisotopic (exact) mass is 468 g/mol. The smallest absolute Gasteiger partial charge is 0.182 e. The fourth-order valence-corrected chi connectivity index (χ4v) is 8.55. The molecule has 4 aliphatic carbocycles. The maximum absolute atomic E-state index is 17.3. The van der Waals surface area contributed by atoms with Crippen molar-refractivity contribution < 1.29 is 28.6 Å². The molecule has 3 saturated carbocycles. The summed E-state index contributed by atoms with van der Waals surface area (Å²) < 4.78 is 29.9. The molecule has 5 nitrogen and oxygen atoms in total. The van der Waals surface area contributed by atoms with Crippen molar-refractivity contribution in [2.45, 2.75) is 102 Å². The molecule has 0 aromatic rings. The van der Waals surface area contributed by atoms with Crippen LogP contribution in [0.4, 0.5) is 4.39 Å². The van der Waals surface area contributed by atoms with Gasteiger partial charge in [0.15, 0.2) is 23.5 Å². The number of ketones is 2. The number of halogens is 2. The van der Waals surface area contributed by atoms with Gasteiger partial charge in [0.05, 0.1) is 18.1 Å². The first-order chi connectivity index (χ1) is 15.1. The van der Waals surface area contributed by atoms with E-state index in [2.05, 4.69) is 0 Å². The summed E-state index contributed by atoms with van der Waals surface area (Å²) >= 11 is 6.08. The standard InChI is InChI=1S/C25H34ClFO5/c1-4-5-21-31-20-11-17-16-7-6-14-10-15(28)8-9-22(14,2)24(16,27)18(29)12-23(17,3)25(20,32-21)19(30)13-26/h10,16-18,20-21,29H,4-9,11-13H2,1-3H3/t16-,17-,18-,20?,21?,22-,23-,24-,25+/m0/s1. The predicted molar refractivity (Wildman–Crippen MR) is 117 cm³/mol. The summed E-state index contributed by atoms with van der Waals surface area (Å²) in [6, 6.07) is 0. The average molecular weight is 469 g/mol. The Bertz CT molecular complexity index is 876. The molecule has 0 aromatic heterocycles. The molecule has 32 heavy (non-hydrogen) atoms. The largest absolute Gasteiger partial charge is 0.390 e. The van der Waals surface area contributed by atoms with Crippen molar-refractivity contribution in [2.24, 2.45) is 22.7 Å². The number of hydrogen-bond donors (Lipinski definition) is 1. The number of aliphatic hydroxyl groups excluding tert-OH is 1. The zero-order valence-electron chi connectivity index (χ0n) is 19.2. The first-order valence-corrected chi connectivity index (χ1v) is 12.6. The first-order valence-electron chi connectivity index (χ1n) is 12.1. The minimum Gasteiger partial charge on any atom is -0.390 e. The van der Waals surface area contributed by atoms with E-state index in [4.69, 9.17) is 21.1 Å². The van der Waals surface area contributed by atoms with Crippen LogP contribution < -0.4 is 0 Å². The normalized spacial score (nSPS) is 52.0. The summed E-state index contributed by atoms with van der Waals surface area (Å²) in [5.41, 5.74) is -3.92. The molecule has 0 aromatic carbocycles. The van der Waals surface area contributed by atoms with E-state index in [1.165, 1.54) is 0 Å². The highest BCUT2D eigenvalue weighted by Gasteiger charge is 2.79. The molecule has 4 fully saturated rings. The quantitative estimate of drug-likeness (QED) is 0.623. The molecule has 1 saturated heterocycles. The molecule has 5 aliphatic rings. The third kappa shape index (κ3) is 2.56. The molecule has 0 bridgehead atoms. The summed E-state index contributed by atoms with van der Waals surface area (Å²) in [4.78, 5) is 25.4. The molecule has 7 heteroatoms. The Kier molecular flexibility index (Phi) is 5.26. The van der Waals surface area contributed by atoms with E-state index in [-0.39, 0.29) is 29.8 Å². The van der Waals surface area contributed by atoms with Crippen molar-refractivity contribution in [1.82, 2.24) is 0 Å². The highest BCUT2D eigenvalue weighted by atomic mass is 35.5. The average Bonchev–Trinajstić information content (AvgIpc) is 3.22. The van der Waals surface area contributed by atoms with Gasteiger partial charge >= 0.3 is 0 Å². The maximum Gasteiger partial charge on any atom is 0.182 e. The second-order valence-corrected chi connectivity index (χ2v) is 11.4. The fourth-order valence-electron chi connectivity index (χ4n) is 8.35. The van der Waals surface area contributed by atoms with Crippen LogP contribution in [0.3, 0.4) is 0 Å². The van der Waals surface area contributed by atoms with Crippen molar-refractivity contribution in [3.05, 3.63) is 11.6 Å². The molecule has 0 amide bonds. The molecule has 1 heterocycles. The number of hydrogen-bond acceptors (Lipinski definition) is 5. The summed E-state index contributed by atoms with van der Waals surface area (Å²) in [5, 5.41) is 11.5. The number of aliphatic hydroxyl groups is 1. The number of alkyl halides is 2. The highest BCUT2D eigenvalue weighted by Crippen LogP contribution is 2.72. The van der Waals surface area contributed by atoms with Gasteiger partial charge in [-0.1, -0.05) is 32.8 Å². The van der Waals surface area contributed by atoms with Crippen molar-refractivity contribution in [2.75, 3.05) is 5.88 Å². The van der Waals surface area contributed by atoms with Crippen molar-refractivity contribution >= 4 is 23.2 Å². The third-order valence-corrected chi connectivity index (χ3v) is 10.1. The van der Waals surface area contributed by atoms with Crippen molar-refractivity contribution in [3.8, 4) is 0 Å². The van der Waals surface area contributed by atoms with Crippen LogP contribution in [0.15, 0.2) is 11.6 Å². The molecular formula is C25H34ClFO5. The first kappa shape index (κ1) is 22.9. The van der Waals surface area contributed by atoms with Gasteiger partial charge < -0.3 is 14.6 Å². The number of Topliss-reactive ketones (excluding diaryl/α,β-unsaturated/α-hetero) is 1. The molecule has 5 rings (SSSR count). The summed E-state index contributed by atoms with van der Waals surface area (Å²) in [6.45, 7) is 5.88. The van der Waals surface area contributed by atoms with Gasteiger partial charge in [0, 0.05) is 23.2 Å². The van der Waals surface area contributed by atoms with E-state index in [0.29, 0.717) is 38.5 Å². The summed E-state index contributed by atoms with van der Waals surface area (Å²) in [5.74, 6) is -0.992. The van der Waals surface area contributed by atoms with Crippen molar-refractivity contribution in [3.63, 3.8) is 0 Å². The molecule has 0 spiro atoms.